The van der Waals surface area contributed by atoms with Crippen LogP contribution in [0.2, 0.25) is 0 Å². The van der Waals surface area contributed by atoms with Gasteiger partial charge in [-0.2, -0.15) is 0 Å². The van der Waals surface area contributed by atoms with E-state index in [4.69, 9.17) is 9.47 Å². The summed E-state index contributed by atoms with van der Waals surface area (Å²) in [7, 11) is 0. The lowest BCUT2D eigenvalue weighted by Crippen LogP contribution is -2.49. The SMILES string of the molecule is CCOc1ccc(C(=O)N2CCN(c3ncnc4c3nnn4Cc3ccccc3)CC2)cc1OCC. The number of carbonyl (C=O) groups excluding carboxylic acids is 1. The molecule has 0 radical (unpaired) electrons. The van der Waals surface area contributed by atoms with E-state index >= 15 is 0 Å². The van der Waals surface area contributed by atoms with Gasteiger partial charge in [-0.05, 0) is 37.6 Å². The summed E-state index contributed by atoms with van der Waals surface area (Å²) in [5.74, 6) is 1.95. The summed E-state index contributed by atoms with van der Waals surface area (Å²) < 4.78 is 13.1. The topological polar surface area (TPSA) is 98.5 Å². The monoisotopic (exact) mass is 487 g/mol. The molecule has 0 spiro atoms. The summed E-state index contributed by atoms with van der Waals surface area (Å²) in [4.78, 5) is 26.1. The molecular weight excluding hydrogens is 458 g/mol. The highest BCUT2D eigenvalue weighted by molar-refractivity contribution is 5.95. The van der Waals surface area contributed by atoms with Gasteiger partial charge in [-0.25, -0.2) is 14.6 Å². The summed E-state index contributed by atoms with van der Waals surface area (Å²) in [5, 5.41) is 8.71. The van der Waals surface area contributed by atoms with E-state index in [2.05, 4.69) is 25.2 Å². The standard InChI is InChI=1S/C26H29N7O3/c1-3-35-21-11-10-20(16-22(21)36-4-2)26(34)32-14-12-31(13-15-32)24-23-25(28-18-27-24)33(30-29-23)17-19-8-6-5-7-9-19/h5-11,16,18H,3-4,12-15,17H2,1-2H3. The van der Waals surface area contributed by atoms with E-state index in [1.54, 1.807) is 29.2 Å². The van der Waals surface area contributed by atoms with E-state index in [1.165, 1.54) is 0 Å². The molecule has 36 heavy (non-hydrogen) atoms. The van der Waals surface area contributed by atoms with Crippen molar-refractivity contribution in [3.63, 3.8) is 0 Å². The van der Waals surface area contributed by atoms with Crippen LogP contribution in [-0.4, -0.2) is 75.2 Å². The molecule has 0 aliphatic carbocycles. The fourth-order valence-corrected chi connectivity index (χ4v) is 4.36. The lowest BCUT2D eigenvalue weighted by Gasteiger charge is -2.35. The summed E-state index contributed by atoms with van der Waals surface area (Å²) in [6, 6.07) is 15.4. The van der Waals surface area contributed by atoms with Crippen molar-refractivity contribution in [3.05, 3.63) is 66.0 Å². The van der Waals surface area contributed by atoms with Crippen LogP contribution in [0, 0.1) is 0 Å². The first-order valence-electron chi connectivity index (χ1n) is 12.2. The van der Waals surface area contributed by atoms with Crippen LogP contribution in [0.1, 0.15) is 29.8 Å². The number of hydrogen-bond donors (Lipinski definition) is 0. The first kappa shape index (κ1) is 23.5. The zero-order valence-electron chi connectivity index (χ0n) is 20.5. The molecule has 1 fully saturated rings. The van der Waals surface area contributed by atoms with Crippen LogP contribution in [0.25, 0.3) is 11.2 Å². The molecule has 10 heteroatoms. The maximum atomic E-state index is 13.2. The van der Waals surface area contributed by atoms with E-state index in [0.29, 0.717) is 74.2 Å². The Labute approximate surface area is 209 Å². The molecule has 4 aromatic rings. The smallest absolute Gasteiger partial charge is 0.254 e. The Hall–Kier alpha value is -4.21. The van der Waals surface area contributed by atoms with Gasteiger partial charge in [0.15, 0.2) is 28.5 Å². The van der Waals surface area contributed by atoms with Crippen LogP contribution in [0.5, 0.6) is 11.5 Å². The molecule has 1 aliphatic rings. The predicted octanol–water partition coefficient (Wildman–Crippen LogP) is 3.03. The van der Waals surface area contributed by atoms with Gasteiger partial charge < -0.3 is 19.3 Å². The number of anilines is 1. The number of carbonyl (C=O) groups is 1. The van der Waals surface area contributed by atoms with Crippen molar-refractivity contribution in [1.29, 1.82) is 0 Å². The van der Waals surface area contributed by atoms with Crippen LogP contribution < -0.4 is 14.4 Å². The average molecular weight is 488 g/mol. The fraction of sp³-hybridized carbons (Fsp3) is 0.346. The highest BCUT2D eigenvalue weighted by Crippen LogP contribution is 2.29. The molecule has 5 rings (SSSR count). The van der Waals surface area contributed by atoms with Gasteiger partial charge in [0, 0.05) is 31.7 Å². The quantitative estimate of drug-likeness (QED) is 0.374. The molecule has 0 atom stereocenters. The van der Waals surface area contributed by atoms with Crippen LogP contribution in [0.15, 0.2) is 54.9 Å². The van der Waals surface area contributed by atoms with Gasteiger partial charge in [0.1, 0.15) is 6.33 Å². The normalized spacial score (nSPS) is 13.7. The van der Waals surface area contributed by atoms with Crippen molar-refractivity contribution < 1.29 is 14.3 Å². The second-order valence-electron chi connectivity index (χ2n) is 8.41. The van der Waals surface area contributed by atoms with Crippen molar-refractivity contribution in [3.8, 4) is 11.5 Å². The largest absolute Gasteiger partial charge is 0.490 e. The molecule has 3 heterocycles. The highest BCUT2D eigenvalue weighted by atomic mass is 16.5. The zero-order valence-corrected chi connectivity index (χ0v) is 20.5. The van der Waals surface area contributed by atoms with Crippen LogP contribution in [0.4, 0.5) is 5.82 Å². The summed E-state index contributed by atoms with van der Waals surface area (Å²) in [5.41, 5.74) is 3.07. The number of piperazine rings is 1. The third-order valence-corrected chi connectivity index (χ3v) is 6.11. The number of hydrogen-bond acceptors (Lipinski definition) is 8. The molecule has 0 N–H and O–H groups in total. The molecule has 2 aromatic heterocycles. The van der Waals surface area contributed by atoms with E-state index < -0.39 is 0 Å². The molecule has 10 nitrogen and oxygen atoms in total. The lowest BCUT2D eigenvalue weighted by molar-refractivity contribution is 0.0746. The summed E-state index contributed by atoms with van der Waals surface area (Å²) >= 11 is 0. The van der Waals surface area contributed by atoms with E-state index in [-0.39, 0.29) is 5.91 Å². The first-order chi connectivity index (χ1) is 17.7. The molecular formula is C26H29N7O3. The second kappa shape index (κ2) is 10.6. The minimum Gasteiger partial charge on any atom is -0.490 e. The van der Waals surface area contributed by atoms with E-state index in [1.807, 2.05) is 49.1 Å². The fourth-order valence-electron chi connectivity index (χ4n) is 4.36. The molecule has 1 aliphatic heterocycles. The molecule has 0 unspecified atom stereocenters. The Morgan fingerprint density at radius 1 is 0.917 bits per heavy atom. The number of rotatable bonds is 8. The van der Waals surface area contributed by atoms with E-state index in [0.717, 1.165) is 11.4 Å². The molecule has 0 saturated carbocycles. The minimum absolute atomic E-state index is 0.0275. The molecule has 1 saturated heterocycles. The van der Waals surface area contributed by atoms with Gasteiger partial charge in [-0.1, -0.05) is 35.5 Å². The van der Waals surface area contributed by atoms with Crippen LogP contribution in [-0.2, 0) is 6.54 Å². The van der Waals surface area contributed by atoms with E-state index in [9.17, 15) is 4.79 Å². The molecule has 186 valence electrons. The third kappa shape index (κ3) is 4.79. The number of aromatic nitrogens is 5. The van der Waals surface area contributed by atoms with Gasteiger partial charge in [-0.3, -0.25) is 4.79 Å². The van der Waals surface area contributed by atoms with Crippen molar-refractivity contribution in [2.24, 2.45) is 0 Å². The zero-order chi connectivity index (χ0) is 24.9. The number of nitrogens with zero attached hydrogens (tertiary/aromatic N) is 7. The first-order valence-corrected chi connectivity index (χ1v) is 12.2. The van der Waals surface area contributed by atoms with Crippen molar-refractivity contribution in [2.45, 2.75) is 20.4 Å². The second-order valence-corrected chi connectivity index (χ2v) is 8.41. The minimum atomic E-state index is -0.0275. The van der Waals surface area contributed by atoms with Crippen molar-refractivity contribution in [1.82, 2.24) is 29.9 Å². The van der Waals surface area contributed by atoms with Crippen LogP contribution >= 0.6 is 0 Å². The van der Waals surface area contributed by atoms with Crippen LogP contribution in [0.3, 0.4) is 0 Å². The average Bonchev–Trinajstić information content (AvgIpc) is 3.33. The number of ether oxygens (including phenoxy) is 2. The maximum Gasteiger partial charge on any atom is 0.254 e. The van der Waals surface area contributed by atoms with Crippen molar-refractivity contribution in [2.75, 3.05) is 44.3 Å². The van der Waals surface area contributed by atoms with Crippen molar-refractivity contribution >= 4 is 22.9 Å². The molecule has 0 bridgehead atoms. The number of amides is 1. The summed E-state index contributed by atoms with van der Waals surface area (Å²) in [6.45, 7) is 7.86. The Balaban J connectivity index is 1.29. The number of benzene rings is 2. The number of fused-ring (bicyclic) bond motifs is 1. The molecule has 1 amide bonds. The lowest BCUT2D eigenvalue weighted by atomic mass is 10.1. The van der Waals surface area contributed by atoms with Gasteiger partial charge in [-0.15, -0.1) is 5.10 Å². The molecule has 2 aromatic carbocycles. The third-order valence-electron chi connectivity index (χ3n) is 6.11. The van der Waals surface area contributed by atoms with Gasteiger partial charge in [0.2, 0.25) is 0 Å². The Morgan fingerprint density at radius 2 is 1.67 bits per heavy atom. The van der Waals surface area contributed by atoms with Gasteiger partial charge in [0.25, 0.3) is 5.91 Å². The summed E-state index contributed by atoms with van der Waals surface area (Å²) in [6.07, 6.45) is 1.55. The van der Waals surface area contributed by atoms with Gasteiger partial charge in [0.05, 0.1) is 19.8 Å². The van der Waals surface area contributed by atoms with Gasteiger partial charge >= 0.3 is 0 Å². The highest BCUT2D eigenvalue weighted by Gasteiger charge is 2.26. The Bertz CT molecular complexity index is 1330. The Morgan fingerprint density at radius 3 is 2.42 bits per heavy atom. The Kier molecular flexibility index (Phi) is 6.92. The predicted molar refractivity (Wildman–Crippen MR) is 136 cm³/mol. The maximum absolute atomic E-state index is 13.2.